The van der Waals surface area contributed by atoms with E-state index in [4.69, 9.17) is 27.9 Å². The van der Waals surface area contributed by atoms with Crippen LogP contribution in [0.15, 0.2) is 48.5 Å². The first-order chi connectivity index (χ1) is 12.0. The summed E-state index contributed by atoms with van der Waals surface area (Å²) in [7, 11) is 0. The van der Waals surface area contributed by atoms with Crippen LogP contribution >= 0.6 is 23.2 Å². The molecule has 0 saturated carbocycles. The minimum Gasteiger partial charge on any atom is -0.445 e. The summed E-state index contributed by atoms with van der Waals surface area (Å²) in [5.74, 6) is 0. The lowest BCUT2D eigenvalue weighted by atomic mass is 10.0. The molecule has 0 saturated heterocycles. The van der Waals surface area contributed by atoms with Crippen molar-refractivity contribution in [3.8, 4) is 0 Å². The van der Waals surface area contributed by atoms with E-state index >= 15 is 0 Å². The highest BCUT2D eigenvalue weighted by molar-refractivity contribution is 6.34. The normalized spacial score (nSPS) is 13.1. The van der Waals surface area contributed by atoms with Crippen LogP contribution in [0.5, 0.6) is 0 Å². The Hall–Kier alpha value is -1.79. The summed E-state index contributed by atoms with van der Waals surface area (Å²) in [6, 6.07) is 13.9. The lowest BCUT2D eigenvalue weighted by Gasteiger charge is -2.19. The van der Waals surface area contributed by atoms with Gasteiger partial charge in [0.25, 0.3) is 0 Å². The van der Waals surface area contributed by atoms with E-state index in [9.17, 15) is 15.0 Å². The number of hydrogen-bond donors (Lipinski definition) is 3. The molecule has 134 valence electrons. The number of aliphatic hydroxyl groups is 2. The number of hydrogen-bond acceptors (Lipinski definition) is 4. The lowest BCUT2D eigenvalue weighted by molar-refractivity contribution is 0.0136. The second-order valence-electron chi connectivity index (χ2n) is 5.49. The molecule has 0 radical (unpaired) electrons. The maximum absolute atomic E-state index is 11.6. The van der Waals surface area contributed by atoms with Crippen LogP contribution in [0.25, 0.3) is 0 Å². The summed E-state index contributed by atoms with van der Waals surface area (Å²) < 4.78 is 5.06. The third kappa shape index (κ3) is 6.55. The van der Waals surface area contributed by atoms with Crippen molar-refractivity contribution in [1.82, 2.24) is 5.32 Å². The van der Waals surface area contributed by atoms with E-state index in [0.717, 1.165) is 5.56 Å². The van der Waals surface area contributed by atoms with Crippen LogP contribution in [0.2, 0.25) is 10.0 Å². The number of carbonyl (C=O) groups is 1. The monoisotopic (exact) mass is 383 g/mol. The molecule has 0 aromatic heterocycles. The van der Waals surface area contributed by atoms with E-state index in [1.807, 2.05) is 30.3 Å². The molecule has 0 aliphatic rings. The summed E-state index contributed by atoms with van der Waals surface area (Å²) >= 11 is 11.8. The Morgan fingerprint density at radius 3 is 2.36 bits per heavy atom. The van der Waals surface area contributed by atoms with Gasteiger partial charge in [-0.25, -0.2) is 4.79 Å². The second-order valence-corrected chi connectivity index (χ2v) is 6.37. The molecule has 25 heavy (non-hydrogen) atoms. The summed E-state index contributed by atoms with van der Waals surface area (Å²) in [4.78, 5) is 11.6. The average Bonchev–Trinajstić information content (AvgIpc) is 2.59. The molecule has 0 fully saturated rings. The Kier molecular flexibility index (Phi) is 7.52. The Morgan fingerprint density at radius 2 is 1.72 bits per heavy atom. The van der Waals surface area contributed by atoms with Gasteiger partial charge in [0.1, 0.15) is 12.7 Å². The first kappa shape index (κ1) is 19.5. The highest BCUT2D eigenvalue weighted by atomic mass is 35.5. The SMILES string of the molecule is O=C(NCCC(O)C(O)c1cc(Cl)cc(Cl)c1)OCc1ccccc1. The lowest BCUT2D eigenvalue weighted by Crippen LogP contribution is -2.29. The van der Waals surface area contributed by atoms with Crippen LogP contribution < -0.4 is 5.32 Å². The number of alkyl carbamates (subject to hydrolysis) is 1. The smallest absolute Gasteiger partial charge is 0.407 e. The Morgan fingerprint density at radius 1 is 1.08 bits per heavy atom. The van der Waals surface area contributed by atoms with Gasteiger partial charge in [-0.3, -0.25) is 0 Å². The number of carbonyl (C=O) groups excluding carboxylic acids is 1. The fourth-order valence-electron chi connectivity index (χ4n) is 2.22. The van der Waals surface area contributed by atoms with Gasteiger partial charge in [0.15, 0.2) is 0 Å². The third-order valence-electron chi connectivity index (χ3n) is 3.51. The second kappa shape index (κ2) is 9.63. The van der Waals surface area contributed by atoms with Gasteiger partial charge in [-0.05, 0) is 35.7 Å². The van der Waals surface area contributed by atoms with Gasteiger partial charge in [-0.2, -0.15) is 0 Å². The van der Waals surface area contributed by atoms with Crippen molar-refractivity contribution in [2.24, 2.45) is 0 Å². The van der Waals surface area contributed by atoms with Crippen molar-refractivity contribution in [2.45, 2.75) is 25.2 Å². The topological polar surface area (TPSA) is 78.8 Å². The predicted molar refractivity (Wildman–Crippen MR) is 96.7 cm³/mol. The van der Waals surface area contributed by atoms with Crippen LogP contribution in [0.4, 0.5) is 4.79 Å². The van der Waals surface area contributed by atoms with Crippen molar-refractivity contribution in [2.75, 3.05) is 6.54 Å². The predicted octanol–water partition coefficient (Wildman–Crippen LogP) is 3.70. The van der Waals surface area contributed by atoms with Gasteiger partial charge in [-0.1, -0.05) is 53.5 Å². The average molecular weight is 384 g/mol. The van der Waals surface area contributed by atoms with Gasteiger partial charge >= 0.3 is 6.09 Å². The molecule has 2 aromatic rings. The van der Waals surface area contributed by atoms with Gasteiger partial charge in [0, 0.05) is 16.6 Å². The van der Waals surface area contributed by atoms with Crippen LogP contribution in [0.3, 0.4) is 0 Å². The van der Waals surface area contributed by atoms with Crippen LogP contribution in [0.1, 0.15) is 23.7 Å². The first-order valence-electron chi connectivity index (χ1n) is 7.72. The van der Waals surface area contributed by atoms with E-state index in [0.29, 0.717) is 15.6 Å². The molecule has 2 unspecified atom stereocenters. The molecule has 7 heteroatoms. The van der Waals surface area contributed by atoms with Gasteiger partial charge in [-0.15, -0.1) is 0 Å². The van der Waals surface area contributed by atoms with E-state index in [2.05, 4.69) is 5.32 Å². The number of benzene rings is 2. The zero-order valence-corrected chi connectivity index (χ0v) is 14.9. The van der Waals surface area contributed by atoms with Gasteiger partial charge in [0.2, 0.25) is 0 Å². The Bertz CT molecular complexity index is 676. The highest BCUT2D eigenvalue weighted by Gasteiger charge is 2.19. The summed E-state index contributed by atoms with van der Waals surface area (Å²) in [5.41, 5.74) is 1.29. The number of halogens is 2. The van der Waals surface area contributed by atoms with Crippen LogP contribution in [-0.4, -0.2) is 29.0 Å². The van der Waals surface area contributed by atoms with Crippen molar-refractivity contribution in [3.05, 3.63) is 69.7 Å². The molecule has 1 amide bonds. The number of ether oxygens (including phenoxy) is 1. The number of nitrogens with one attached hydrogen (secondary N) is 1. The van der Waals surface area contributed by atoms with E-state index in [1.165, 1.54) is 18.2 Å². The first-order valence-corrected chi connectivity index (χ1v) is 8.48. The van der Waals surface area contributed by atoms with Crippen molar-refractivity contribution >= 4 is 29.3 Å². The molecular weight excluding hydrogens is 365 g/mol. The molecular formula is C18H19Cl2NO4. The zero-order chi connectivity index (χ0) is 18.2. The summed E-state index contributed by atoms with van der Waals surface area (Å²) in [6.07, 6.45) is -2.68. The van der Waals surface area contributed by atoms with E-state index in [-0.39, 0.29) is 19.6 Å². The molecule has 2 rings (SSSR count). The van der Waals surface area contributed by atoms with Gasteiger partial charge < -0.3 is 20.3 Å². The summed E-state index contributed by atoms with van der Waals surface area (Å²) in [5, 5.41) is 23.5. The molecule has 0 bridgehead atoms. The van der Waals surface area contributed by atoms with Gasteiger partial charge in [0.05, 0.1) is 6.10 Å². The molecule has 5 nitrogen and oxygen atoms in total. The van der Waals surface area contributed by atoms with Crippen molar-refractivity contribution in [3.63, 3.8) is 0 Å². The quantitative estimate of drug-likeness (QED) is 0.680. The Balaban J connectivity index is 1.73. The standard InChI is InChI=1S/C18H19Cl2NO4/c19-14-8-13(9-15(20)10-14)17(23)16(22)6-7-21-18(24)25-11-12-4-2-1-3-5-12/h1-5,8-10,16-17,22-23H,6-7,11H2,(H,21,24). The maximum Gasteiger partial charge on any atom is 0.407 e. The zero-order valence-electron chi connectivity index (χ0n) is 13.4. The molecule has 0 spiro atoms. The number of aliphatic hydroxyl groups excluding tert-OH is 2. The van der Waals surface area contributed by atoms with Crippen molar-refractivity contribution in [1.29, 1.82) is 0 Å². The van der Waals surface area contributed by atoms with Crippen LogP contribution in [0, 0.1) is 0 Å². The Labute approximate surface area is 156 Å². The molecule has 0 aliphatic carbocycles. The van der Waals surface area contributed by atoms with E-state index in [1.54, 1.807) is 0 Å². The highest BCUT2D eigenvalue weighted by Crippen LogP contribution is 2.26. The minimum absolute atomic E-state index is 0.145. The molecule has 2 atom stereocenters. The maximum atomic E-state index is 11.6. The number of rotatable bonds is 7. The van der Waals surface area contributed by atoms with Crippen molar-refractivity contribution < 1.29 is 19.7 Å². The van der Waals surface area contributed by atoms with Crippen LogP contribution in [-0.2, 0) is 11.3 Å². The molecule has 0 heterocycles. The molecule has 2 aromatic carbocycles. The van der Waals surface area contributed by atoms with E-state index < -0.39 is 18.3 Å². The summed E-state index contributed by atoms with van der Waals surface area (Å²) in [6.45, 7) is 0.318. The molecule has 3 N–H and O–H groups in total. The minimum atomic E-state index is -1.15. The fraction of sp³-hybridized carbons (Fsp3) is 0.278. The largest absolute Gasteiger partial charge is 0.445 e. The number of amides is 1. The third-order valence-corrected chi connectivity index (χ3v) is 3.95. The fourth-order valence-corrected chi connectivity index (χ4v) is 2.77. The molecule has 0 aliphatic heterocycles.